The molecule has 1 aromatic heterocycles. The highest BCUT2D eigenvalue weighted by atomic mass is 16.5. The molecule has 0 spiro atoms. The molecule has 2 aliphatic rings. The molecule has 2 fully saturated rings. The fourth-order valence-corrected chi connectivity index (χ4v) is 3.27. The zero-order valence-corrected chi connectivity index (χ0v) is 13.4. The number of ether oxygens (including phenoxy) is 1. The molecule has 0 radical (unpaired) electrons. The van der Waals surface area contributed by atoms with Crippen LogP contribution < -0.4 is 5.32 Å². The topological polar surface area (TPSA) is 50.5 Å². The Kier molecular flexibility index (Phi) is 4.33. The summed E-state index contributed by atoms with van der Waals surface area (Å²) in [6.45, 7) is 9.91. The number of morpholine rings is 1. The second-order valence-electron chi connectivity index (χ2n) is 7.27. The predicted molar refractivity (Wildman–Crippen MR) is 80.9 cm³/mol. The Hall–Kier alpha value is -0.910. The number of nitrogens with one attached hydrogen (secondary N) is 1. The van der Waals surface area contributed by atoms with Crippen molar-refractivity contribution >= 4 is 0 Å². The normalized spacial score (nSPS) is 27.0. The SMILES string of the molecule is CC(C)(C)NCc1cc(CN2CCOC3CCCC32)on1. The monoisotopic (exact) mass is 293 g/mol. The number of aromatic nitrogens is 1. The Bertz CT molecular complexity index is 466. The zero-order chi connectivity index (χ0) is 14.9. The van der Waals surface area contributed by atoms with E-state index in [4.69, 9.17) is 9.26 Å². The van der Waals surface area contributed by atoms with E-state index in [1.165, 1.54) is 19.3 Å². The van der Waals surface area contributed by atoms with Gasteiger partial charge in [-0.3, -0.25) is 4.90 Å². The first-order chi connectivity index (χ1) is 10.0. The second-order valence-corrected chi connectivity index (χ2v) is 7.27. The molecule has 1 N–H and O–H groups in total. The smallest absolute Gasteiger partial charge is 0.151 e. The fraction of sp³-hybridized carbons (Fsp3) is 0.812. The highest BCUT2D eigenvalue weighted by Crippen LogP contribution is 2.30. The first kappa shape index (κ1) is 15.0. The minimum absolute atomic E-state index is 0.0976. The molecule has 5 heteroatoms. The second kappa shape index (κ2) is 6.07. The van der Waals surface area contributed by atoms with E-state index in [1.807, 2.05) is 0 Å². The molecule has 118 valence electrons. The third-order valence-electron chi connectivity index (χ3n) is 4.36. The summed E-state index contributed by atoms with van der Waals surface area (Å²) in [6.07, 6.45) is 4.17. The van der Waals surface area contributed by atoms with Gasteiger partial charge in [0.25, 0.3) is 0 Å². The molecule has 5 nitrogen and oxygen atoms in total. The highest BCUT2D eigenvalue weighted by molar-refractivity contribution is 5.06. The van der Waals surface area contributed by atoms with E-state index < -0.39 is 0 Å². The molecule has 3 rings (SSSR count). The predicted octanol–water partition coefficient (Wildman–Crippen LogP) is 2.32. The molecular formula is C16H27N3O2. The van der Waals surface area contributed by atoms with Crippen molar-refractivity contribution in [2.75, 3.05) is 13.2 Å². The molecule has 1 aliphatic carbocycles. The van der Waals surface area contributed by atoms with Crippen LogP contribution in [-0.4, -0.2) is 40.9 Å². The summed E-state index contributed by atoms with van der Waals surface area (Å²) in [4.78, 5) is 2.50. The molecule has 1 aliphatic heterocycles. The Morgan fingerprint density at radius 3 is 3.05 bits per heavy atom. The van der Waals surface area contributed by atoms with E-state index in [1.54, 1.807) is 0 Å². The van der Waals surface area contributed by atoms with Crippen LogP contribution in [0.5, 0.6) is 0 Å². The lowest BCUT2D eigenvalue weighted by molar-refractivity contribution is -0.0610. The molecule has 1 saturated carbocycles. The molecule has 0 bridgehead atoms. The van der Waals surface area contributed by atoms with Gasteiger partial charge in [0, 0.05) is 30.7 Å². The molecular weight excluding hydrogens is 266 g/mol. The van der Waals surface area contributed by atoms with Crippen LogP contribution in [0.3, 0.4) is 0 Å². The van der Waals surface area contributed by atoms with Gasteiger partial charge in [-0.15, -0.1) is 0 Å². The van der Waals surface area contributed by atoms with Crippen LogP contribution in [0.4, 0.5) is 0 Å². The van der Waals surface area contributed by atoms with Crippen LogP contribution in [0.25, 0.3) is 0 Å². The maximum atomic E-state index is 5.85. The van der Waals surface area contributed by atoms with Crippen molar-refractivity contribution < 1.29 is 9.26 Å². The van der Waals surface area contributed by atoms with E-state index in [2.05, 4.69) is 42.2 Å². The lowest BCUT2D eigenvalue weighted by atomic mass is 10.1. The van der Waals surface area contributed by atoms with E-state index in [-0.39, 0.29) is 5.54 Å². The molecule has 2 unspecified atom stereocenters. The van der Waals surface area contributed by atoms with Crippen molar-refractivity contribution in [1.29, 1.82) is 0 Å². The van der Waals surface area contributed by atoms with Crippen molar-refractivity contribution in [3.8, 4) is 0 Å². The lowest BCUT2D eigenvalue weighted by Gasteiger charge is -2.36. The van der Waals surface area contributed by atoms with Crippen LogP contribution in [0.1, 0.15) is 51.5 Å². The van der Waals surface area contributed by atoms with Gasteiger partial charge in [0.2, 0.25) is 0 Å². The summed E-state index contributed by atoms with van der Waals surface area (Å²) < 4.78 is 11.4. The van der Waals surface area contributed by atoms with Crippen molar-refractivity contribution in [2.24, 2.45) is 0 Å². The maximum Gasteiger partial charge on any atom is 0.151 e. The van der Waals surface area contributed by atoms with E-state index in [9.17, 15) is 0 Å². The number of hydrogen-bond acceptors (Lipinski definition) is 5. The minimum Gasteiger partial charge on any atom is -0.375 e. The minimum atomic E-state index is 0.0976. The maximum absolute atomic E-state index is 5.85. The van der Waals surface area contributed by atoms with Gasteiger partial charge in [-0.05, 0) is 40.0 Å². The molecule has 2 heterocycles. The quantitative estimate of drug-likeness (QED) is 0.923. The average Bonchev–Trinajstić information content (AvgIpc) is 3.04. The van der Waals surface area contributed by atoms with Crippen molar-refractivity contribution in [1.82, 2.24) is 15.4 Å². The molecule has 0 amide bonds. The third kappa shape index (κ3) is 3.84. The summed E-state index contributed by atoms with van der Waals surface area (Å²) in [7, 11) is 0. The highest BCUT2D eigenvalue weighted by Gasteiger charge is 2.36. The van der Waals surface area contributed by atoms with Crippen LogP contribution in [0.15, 0.2) is 10.6 Å². The lowest BCUT2D eigenvalue weighted by Crippen LogP contribution is -2.47. The fourth-order valence-electron chi connectivity index (χ4n) is 3.27. The summed E-state index contributed by atoms with van der Waals surface area (Å²) in [5.74, 6) is 0.966. The Balaban J connectivity index is 1.56. The van der Waals surface area contributed by atoms with Crippen LogP contribution in [0, 0.1) is 0 Å². The zero-order valence-electron chi connectivity index (χ0n) is 13.4. The van der Waals surface area contributed by atoms with Crippen LogP contribution in [0.2, 0.25) is 0 Å². The van der Waals surface area contributed by atoms with Gasteiger partial charge in [-0.1, -0.05) is 5.16 Å². The van der Waals surface area contributed by atoms with Crippen molar-refractivity contribution in [3.05, 3.63) is 17.5 Å². The van der Waals surface area contributed by atoms with Crippen LogP contribution in [-0.2, 0) is 17.8 Å². The molecule has 2 atom stereocenters. The van der Waals surface area contributed by atoms with Gasteiger partial charge >= 0.3 is 0 Å². The summed E-state index contributed by atoms with van der Waals surface area (Å²) >= 11 is 0. The van der Waals surface area contributed by atoms with Crippen LogP contribution >= 0.6 is 0 Å². The standard InChI is InChI=1S/C16H27N3O2/c1-16(2,3)17-10-12-9-13(21-18-12)11-19-7-8-20-15-6-4-5-14(15)19/h9,14-15,17H,4-8,10-11H2,1-3H3. The van der Waals surface area contributed by atoms with Gasteiger partial charge < -0.3 is 14.6 Å². The molecule has 21 heavy (non-hydrogen) atoms. The van der Waals surface area contributed by atoms with Gasteiger partial charge in [0.15, 0.2) is 5.76 Å². The number of rotatable bonds is 4. The summed E-state index contributed by atoms with van der Waals surface area (Å²) in [5, 5.41) is 7.61. The van der Waals surface area contributed by atoms with Gasteiger partial charge in [-0.25, -0.2) is 0 Å². The summed E-state index contributed by atoms with van der Waals surface area (Å²) in [6, 6.07) is 2.65. The molecule has 1 aromatic rings. The molecule has 0 aromatic carbocycles. The van der Waals surface area contributed by atoms with E-state index in [0.29, 0.717) is 12.1 Å². The largest absolute Gasteiger partial charge is 0.375 e. The summed E-state index contributed by atoms with van der Waals surface area (Å²) in [5.41, 5.74) is 1.08. The number of nitrogens with zero attached hydrogens (tertiary/aromatic N) is 2. The van der Waals surface area contributed by atoms with Crippen molar-refractivity contribution in [2.45, 2.75) is 70.8 Å². The first-order valence-corrected chi connectivity index (χ1v) is 8.06. The number of fused-ring (bicyclic) bond motifs is 1. The molecule has 1 saturated heterocycles. The Morgan fingerprint density at radius 1 is 1.38 bits per heavy atom. The average molecular weight is 293 g/mol. The van der Waals surface area contributed by atoms with Gasteiger partial charge in [0.1, 0.15) is 0 Å². The Labute approximate surface area is 127 Å². The third-order valence-corrected chi connectivity index (χ3v) is 4.36. The van der Waals surface area contributed by atoms with E-state index in [0.717, 1.165) is 37.7 Å². The number of hydrogen-bond donors (Lipinski definition) is 1. The van der Waals surface area contributed by atoms with Gasteiger partial charge in [-0.2, -0.15) is 0 Å². The first-order valence-electron chi connectivity index (χ1n) is 8.06. The van der Waals surface area contributed by atoms with Crippen molar-refractivity contribution in [3.63, 3.8) is 0 Å². The Morgan fingerprint density at radius 2 is 2.24 bits per heavy atom. The van der Waals surface area contributed by atoms with E-state index >= 15 is 0 Å². The van der Waals surface area contributed by atoms with Gasteiger partial charge in [0.05, 0.1) is 24.9 Å².